The van der Waals surface area contributed by atoms with Crippen LogP contribution in [-0.2, 0) is 0 Å². The van der Waals surface area contributed by atoms with Gasteiger partial charge in [-0.1, -0.05) is 12.1 Å². The zero-order valence-electron chi connectivity index (χ0n) is 10.9. The van der Waals surface area contributed by atoms with E-state index in [0.717, 1.165) is 5.56 Å². The molecule has 0 aliphatic carbocycles. The Hall–Kier alpha value is -3.44. The number of carbonyl (C=O) groups is 1. The van der Waals surface area contributed by atoms with Gasteiger partial charge >= 0.3 is 0 Å². The van der Waals surface area contributed by atoms with Crippen LogP contribution in [0.5, 0.6) is 0 Å². The molecule has 5 heteroatoms. The molecule has 0 spiro atoms. The lowest BCUT2D eigenvalue weighted by Crippen LogP contribution is -2.17. The molecule has 0 aliphatic heterocycles. The molecule has 100 valence electrons. The molecule has 0 fully saturated rings. The summed E-state index contributed by atoms with van der Waals surface area (Å²) >= 11 is 0. The Morgan fingerprint density at radius 3 is 2.00 bits per heavy atom. The molecule has 0 radical (unpaired) electrons. The Morgan fingerprint density at radius 2 is 1.48 bits per heavy atom. The molecule has 1 amide bonds. The number of hydrogen-bond donors (Lipinski definition) is 1. The molecule has 0 unspecified atom stereocenters. The number of amides is 1. The second-order valence-corrected chi connectivity index (χ2v) is 4.12. The van der Waals surface area contributed by atoms with E-state index >= 15 is 0 Å². The predicted molar refractivity (Wildman–Crippen MR) is 77.4 cm³/mol. The average molecular weight is 274 g/mol. The van der Waals surface area contributed by atoms with Crippen molar-refractivity contribution >= 4 is 12.1 Å². The molecular formula is C16H10N4O. The average Bonchev–Trinajstić information content (AvgIpc) is 2.55. The van der Waals surface area contributed by atoms with Gasteiger partial charge in [0.2, 0.25) is 0 Å². The van der Waals surface area contributed by atoms with Crippen molar-refractivity contribution in [2.45, 2.75) is 0 Å². The van der Waals surface area contributed by atoms with Crippen LogP contribution < -0.4 is 5.43 Å². The molecule has 2 aromatic carbocycles. The minimum absolute atomic E-state index is 0.357. The summed E-state index contributed by atoms with van der Waals surface area (Å²) in [5.74, 6) is -0.357. The third-order valence-electron chi connectivity index (χ3n) is 2.70. The molecule has 2 rings (SSSR count). The van der Waals surface area contributed by atoms with Crippen molar-refractivity contribution in [1.82, 2.24) is 5.43 Å². The van der Waals surface area contributed by atoms with E-state index in [-0.39, 0.29) is 5.91 Å². The molecular weight excluding hydrogens is 264 g/mol. The molecule has 5 nitrogen and oxygen atoms in total. The molecule has 1 N–H and O–H groups in total. The maximum Gasteiger partial charge on any atom is 0.271 e. The highest BCUT2D eigenvalue weighted by Crippen LogP contribution is 2.03. The van der Waals surface area contributed by atoms with Crippen LogP contribution in [-0.4, -0.2) is 12.1 Å². The summed E-state index contributed by atoms with van der Waals surface area (Å²) in [7, 11) is 0. The van der Waals surface area contributed by atoms with Gasteiger partial charge in [-0.05, 0) is 42.0 Å². The number of nitrogens with zero attached hydrogens (tertiary/aromatic N) is 3. The van der Waals surface area contributed by atoms with E-state index in [1.54, 1.807) is 48.5 Å². The first kappa shape index (κ1) is 14.0. The molecule has 0 bridgehead atoms. The van der Waals surface area contributed by atoms with Crippen molar-refractivity contribution in [2.75, 3.05) is 0 Å². The molecule has 0 heterocycles. The zero-order chi connectivity index (χ0) is 15.1. The number of benzene rings is 2. The normalized spacial score (nSPS) is 9.81. The number of hydrogen-bond acceptors (Lipinski definition) is 4. The highest BCUT2D eigenvalue weighted by atomic mass is 16.2. The topological polar surface area (TPSA) is 89.0 Å². The summed E-state index contributed by atoms with van der Waals surface area (Å²) in [6.45, 7) is 0. The van der Waals surface area contributed by atoms with Crippen molar-refractivity contribution in [1.29, 1.82) is 10.5 Å². The van der Waals surface area contributed by atoms with Crippen LogP contribution in [0, 0.1) is 22.7 Å². The number of nitrogens with one attached hydrogen (secondary N) is 1. The van der Waals surface area contributed by atoms with Crippen LogP contribution in [0.1, 0.15) is 27.0 Å². The smallest absolute Gasteiger partial charge is 0.267 e. The van der Waals surface area contributed by atoms with Crippen LogP contribution in [0.4, 0.5) is 0 Å². The van der Waals surface area contributed by atoms with Crippen LogP contribution in [0.3, 0.4) is 0 Å². The Bertz CT molecular complexity index is 747. The third kappa shape index (κ3) is 3.76. The standard InChI is InChI=1S/C16H10N4O/c17-9-12-1-3-14(4-2-12)11-19-20-16(21)15-7-5-13(10-18)6-8-15/h1-8,11H,(H,20,21). The summed E-state index contributed by atoms with van der Waals surface area (Å²) in [6.07, 6.45) is 1.49. The van der Waals surface area contributed by atoms with Gasteiger partial charge in [0.15, 0.2) is 0 Å². The molecule has 0 saturated carbocycles. The lowest BCUT2D eigenvalue weighted by molar-refractivity contribution is 0.0955. The lowest BCUT2D eigenvalue weighted by atomic mass is 10.1. The van der Waals surface area contributed by atoms with Gasteiger partial charge in [-0.2, -0.15) is 15.6 Å². The lowest BCUT2D eigenvalue weighted by Gasteiger charge is -1.99. The first-order chi connectivity index (χ1) is 10.2. The van der Waals surface area contributed by atoms with E-state index in [1.165, 1.54) is 6.21 Å². The molecule has 0 atom stereocenters. The molecule has 2 aromatic rings. The molecule has 0 aromatic heterocycles. The van der Waals surface area contributed by atoms with E-state index in [1.807, 2.05) is 12.1 Å². The van der Waals surface area contributed by atoms with Gasteiger partial charge in [0.1, 0.15) is 0 Å². The van der Waals surface area contributed by atoms with Gasteiger partial charge in [0, 0.05) is 5.56 Å². The fraction of sp³-hybridized carbons (Fsp3) is 0. The van der Waals surface area contributed by atoms with E-state index in [2.05, 4.69) is 10.5 Å². The van der Waals surface area contributed by atoms with E-state index in [9.17, 15) is 4.79 Å². The van der Waals surface area contributed by atoms with Crippen molar-refractivity contribution in [3.8, 4) is 12.1 Å². The quantitative estimate of drug-likeness (QED) is 0.687. The van der Waals surface area contributed by atoms with Gasteiger partial charge in [-0.25, -0.2) is 5.43 Å². The van der Waals surface area contributed by atoms with Crippen LogP contribution in [0.25, 0.3) is 0 Å². The molecule has 21 heavy (non-hydrogen) atoms. The number of hydrazone groups is 1. The van der Waals surface area contributed by atoms with Gasteiger partial charge < -0.3 is 0 Å². The summed E-state index contributed by atoms with van der Waals surface area (Å²) in [4.78, 5) is 11.8. The largest absolute Gasteiger partial charge is 0.271 e. The Morgan fingerprint density at radius 1 is 0.952 bits per heavy atom. The predicted octanol–water partition coefficient (Wildman–Crippen LogP) is 2.19. The second-order valence-electron chi connectivity index (χ2n) is 4.12. The highest BCUT2D eigenvalue weighted by Gasteiger charge is 2.03. The monoisotopic (exact) mass is 274 g/mol. The summed E-state index contributed by atoms with van der Waals surface area (Å²) in [5, 5.41) is 21.2. The van der Waals surface area contributed by atoms with E-state index in [4.69, 9.17) is 10.5 Å². The number of rotatable bonds is 3. The minimum Gasteiger partial charge on any atom is -0.267 e. The molecule has 0 saturated heterocycles. The first-order valence-electron chi connectivity index (χ1n) is 6.06. The van der Waals surface area contributed by atoms with Crippen molar-refractivity contribution in [3.63, 3.8) is 0 Å². The maximum atomic E-state index is 11.8. The number of carbonyl (C=O) groups excluding carboxylic acids is 1. The van der Waals surface area contributed by atoms with Gasteiger partial charge in [-0.3, -0.25) is 4.79 Å². The first-order valence-corrected chi connectivity index (χ1v) is 6.06. The minimum atomic E-state index is -0.357. The van der Waals surface area contributed by atoms with Crippen molar-refractivity contribution in [3.05, 3.63) is 70.8 Å². The maximum absolute atomic E-state index is 11.8. The highest BCUT2D eigenvalue weighted by molar-refractivity contribution is 5.94. The van der Waals surface area contributed by atoms with E-state index < -0.39 is 0 Å². The van der Waals surface area contributed by atoms with Gasteiger partial charge in [0.05, 0.1) is 29.5 Å². The van der Waals surface area contributed by atoms with Crippen LogP contribution in [0.15, 0.2) is 53.6 Å². The summed E-state index contributed by atoms with van der Waals surface area (Å²) in [5.41, 5.74) is 4.65. The second kappa shape index (κ2) is 6.65. The third-order valence-corrected chi connectivity index (χ3v) is 2.70. The number of nitriles is 2. The van der Waals surface area contributed by atoms with Crippen molar-refractivity contribution in [2.24, 2.45) is 5.10 Å². The Kier molecular flexibility index (Phi) is 4.42. The van der Waals surface area contributed by atoms with E-state index in [0.29, 0.717) is 16.7 Å². The summed E-state index contributed by atoms with van der Waals surface area (Å²) in [6, 6.07) is 17.1. The van der Waals surface area contributed by atoms with Crippen molar-refractivity contribution < 1.29 is 4.79 Å². The fourth-order valence-corrected chi connectivity index (χ4v) is 1.57. The van der Waals surface area contributed by atoms with Crippen LogP contribution in [0.2, 0.25) is 0 Å². The summed E-state index contributed by atoms with van der Waals surface area (Å²) < 4.78 is 0. The molecule has 0 aliphatic rings. The van der Waals surface area contributed by atoms with Gasteiger partial charge in [-0.15, -0.1) is 0 Å². The SMILES string of the molecule is N#Cc1ccc(C=NNC(=O)c2ccc(C#N)cc2)cc1. The Labute approximate surface area is 121 Å². The zero-order valence-corrected chi connectivity index (χ0v) is 10.9. The van der Waals surface area contributed by atoms with Crippen LogP contribution >= 0.6 is 0 Å². The fourth-order valence-electron chi connectivity index (χ4n) is 1.57. The Balaban J connectivity index is 1.98. The van der Waals surface area contributed by atoms with Gasteiger partial charge in [0.25, 0.3) is 5.91 Å².